The Morgan fingerprint density at radius 2 is 1.85 bits per heavy atom. The summed E-state index contributed by atoms with van der Waals surface area (Å²) in [6.07, 6.45) is 7.43. The molecule has 0 aromatic carbocycles. The van der Waals surface area contributed by atoms with Crippen LogP contribution in [0.4, 0.5) is 0 Å². The monoisotopic (exact) mass is 536 g/mol. The molecule has 3 heterocycles. The number of furan rings is 1. The number of hydrogen-bond donors (Lipinski definition) is 0. The summed E-state index contributed by atoms with van der Waals surface area (Å²) < 4.78 is 22.9. The van der Waals surface area contributed by atoms with Crippen LogP contribution in [0.5, 0.6) is 0 Å². The van der Waals surface area contributed by atoms with E-state index < -0.39 is 40.3 Å². The maximum absolute atomic E-state index is 14.4. The molecule has 9 atom stereocenters. The molecule has 6 rings (SSSR count). The zero-order valence-corrected chi connectivity index (χ0v) is 23.2. The van der Waals surface area contributed by atoms with Gasteiger partial charge in [-0.2, -0.15) is 0 Å². The number of ether oxygens (including phenoxy) is 3. The number of Topliss-reactive ketones (excluding diaryl/α,β-unsaturated/α-hetero) is 1. The highest BCUT2D eigenvalue weighted by molar-refractivity contribution is 5.95. The molecule has 208 valence electrons. The molecule has 5 aliphatic rings. The normalized spacial score (nSPS) is 43.3. The summed E-state index contributed by atoms with van der Waals surface area (Å²) in [6, 6.07) is 1.84. The van der Waals surface area contributed by atoms with Crippen LogP contribution < -0.4 is 0 Å². The van der Waals surface area contributed by atoms with Gasteiger partial charge >= 0.3 is 17.9 Å². The summed E-state index contributed by atoms with van der Waals surface area (Å²) in [5.41, 5.74) is 0.366. The predicted molar refractivity (Wildman–Crippen MR) is 138 cm³/mol. The molecule has 4 fully saturated rings. The van der Waals surface area contributed by atoms with Gasteiger partial charge in [0.05, 0.1) is 31.3 Å². The van der Waals surface area contributed by atoms with E-state index in [-0.39, 0.29) is 54.9 Å². The number of allylic oxidation sites excluding steroid dienone is 2. The first-order chi connectivity index (χ1) is 18.4. The van der Waals surface area contributed by atoms with Gasteiger partial charge in [0.1, 0.15) is 24.6 Å². The summed E-state index contributed by atoms with van der Waals surface area (Å²) >= 11 is 0. The van der Waals surface area contributed by atoms with Gasteiger partial charge in [0.25, 0.3) is 0 Å². The summed E-state index contributed by atoms with van der Waals surface area (Å²) in [7, 11) is 0. The van der Waals surface area contributed by atoms with Gasteiger partial charge in [0.2, 0.25) is 0 Å². The Labute approximate surface area is 228 Å². The van der Waals surface area contributed by atoms with Crippen LogP contribution in [0.15, 0.2) is 46.3 Å². The minimum Gasteiger partial charge on any atom is -0.472 e. The zero-order valence-electron chi connectivity index (χ0n) is 23.2. The molecule has 1 aromatic rings. The number of ketones is 1. The number of esters is 3. The van der Waals surface area contributed by atoms with Crippen LogP contribution in [0.1, 0.15) is 72.0 Å². The first-order valence-electron chi connectivity index (χ1n) is 13.9. The lowest BCUT2D eigenvalue weighted by atomic mass is 9.40. The number of cyclic esters (lactones) is 2. The van der Waals surface area contributed by atoms with Crippen LogP contribution in [-0.2, 0) is 33.4 Å². The SMILES string of the molecule is C/C=C(\C)C(=O)O[C@@H]1[C@@H]2C=C3[C@@H]4CC(=O)O[C@@H](c5ccoc5)[C@]4(C)CC[C@@H]3[C@@](C)(C2=O)[C@H]2CC(=O)OC[C@]12C. The van der Waals surface area contributed by atoms with Crippen molar-refractivity contribution >= 4 is 23.7 Å². The molecule has 8 nitrogen and oxygen atoms in total. The predicted octanol–water partition coefficient (Wildman–Crippen LogP) is 4.89. The second kappa shape index (κ2) is 8.67. The number of carbonyl (C=O) groups excluding carboxylic acids is 4. The van der Waals surface area contributed by atoms with Crippen molar-refractivity contribution in [3.8, 4) is 0 Å². The molecule has 39 heavy (non-hydrogen) atoms. The number of fused-ring (bicyclic) bond motifs is 8. The van der Waals surface area contributed by atoms with Crippen molar-refractivity contribution in [1.29, 1.82) is 0 Å². The van der Waals surface area contributed by atoms with Gasteiger partial charge in [-0.05, 0) is 50.5 Å². The average molecular weight is 537 g/mol. The number of hydrogen-bond acceptors (Lipinski definition) is 8. The van der Waals surface area contributed by atoms with Crippen LogP contribution in [0.2, 0.25) is 0 Å². The average Bonchev–Trinajstić information content (AvgIpc) is 3.44. The van der Waals surface area contributed by atoms with Crippen molar-refractivity contribution < 1.29 is 37.8 Å². The highest BCUT2D eigenvalue weighted by Gasteiger charge is 2.71. The van der Waals surface area contributed by atoms with Crippen molar-refractivity contribution in [2.75, 3.05) is 6.61 Å². The summed E-state index contributed by atoms with van der Waals surface area (Å²) in [6.45, 7) is 9.68. The lowest BCUT2D eigenvalue weighted by Gasteiger charge is -2.64. The fraction of sp³-hybridized carbons (Fsp3) is 0.613. The fourth-order valence-electron chi connectivity index (χ4n) is 8.69. The van der Waals surface area contributed by atoms with Crippen molar-refractivity contribution in [2.45, 2.75) is 72.5 Å². The Kier molecular flexibility index (Phi) is 5.80. The van der Waals surface area contributed by atoms with E-state index in [9.17, 15) is 19.2 Å². The highest BCUT2D eigenvalue weighted by Crippen LogP contribution is 2.68. The van der Waals surface area contributed by atoms with E-state index in [1.54, 1.807) is 32.4 Å². The lowest BCUT2D eigenvalue weighted by Crippen LogP contribution is -2.69. The zero-order chi connectivity index (χ0) is 27.9. The van der Waals surface area contributed by atoms with Crippen LogP contribution >= 0.6 is 0 Å². The summed E-state index contributed by atoms with van der Waals surface area (Å²) in [5, 5.41) is 0. The Morgan fingerprint density at radius 3 is 2.54 bits per heavy atom. The molecular weight excluding hydrogens is 500 g/mol. The third-order valence-electron chi connectivity index (χ3n) is 11.0. The van der Waals surface area contributed by atoms with Crippen LogP contribution in [0, 0.1) is 39.9 Å². The molecule has 2 bridgehead atoms. The van der Waals surface area contributed by atoms with E-state index in [1.165, 1.54) is 0 Å². The van der Waals surface area contributed by atoms with E-state index >= 15 is 0 Å². The van der Waals surface area contributed by atoms with E-state index in [0.29, 0.717) is 5.57 Å². The minimum absolute atomic E-state index is 0.0118. The lowest BCUT2D eigenvalue weighted by molar-refractivity contribution is -0.217. The van der Waals surface area contributed by atoms with Gasteiger partial charge in [0.15, 0.2) is 0 Å². The topological polar surface area (TPSA) is 109 Å². The van der Waals surface area contributed by atoms with Gasteiger partial charge < -0.3 is 18.6 Å². The van der Waals surface area contributed by atoms with Gasteiger partial charge in [-0.1, -0.05) is 38.5 Å². The van der Waals surface area contributed by atoms with E-state index in [0.717, 1.165) is 24.0 Å². The molecule has 0 radical (unpaired) electrons. The van der Waals surface area contributed by atoms with Gasteiger partial charge in [-0.15, -0.1) is 0 Å². The molecule has 2 saturated carbocycles. The smallest absolute Gasteiger partial charge is 0.333 e. The Morgan fingerprint density at radius 1 is 1.08 bits per heavy atom. The van der Waals surface area contributed by atoms with E-state index in [2.05, 4.69) is 6.92 Å². The molecule has 0 spiro atoms. The van der Waals surface area contributed by atoms with Crippen LogP contribution in [0.3, 0.4) is 0 Å². The van der Waals surface area contributed by atoms with Gasteiger partial charge in [-0.3, -0.25) is 14.4 Å². The Bertz CT molecular complexity index is 1310. The highest BCUT2D eigenvalue weighted by atomic mass is 16.6. The van der Waals surface area contributed by atoms with Crippen LogP contribution in [0.25, 0.3) is 0 Å². The Hall–Kier alpha value is -3.16. The molecular formula is C31H36O8. The van der Waals surface area contributed by atoms with Crippen molar-refractivity contribution in [3.63, 3.8) is 0 Å². The quantitative estimate of drug-likeness (QED) is 0.232. The third-order valence-corrected chi connectivity index (χ3v) is 11.0. The maximum Gasteiger partial charge on any atom is 0.333 e. The molecule has 0 N–H and O–H groups in total. The molecule has 3 aliphatic carbocycles. The largest absolute Gasteiger partial charge is 0.472 e. The van der Waals surface area contributed by atoms with Crippen molar-refractivity contribution in [3.05, 3.63) is 47.5 Å². The second-order valence-corrected chi connectivity index (χ2v) is 12.8. The standard InChI is InChI=1S/C31H36O8/c1-6-16(2)28(35)39-27-19-11-18-20(31(5,25(19)34)22-13-23(32)37-15-30(22,27)4)7-9-29(3)21(18)12-24(33)38-26(29)17-8-10-36-14-17/h6,8,10-11,14,19-22,26-27H,7,9,12-13,15H2,1-5H3/b16-6+/t19-,20+,21+,22+,26+,27-,29-,30+,31-/m1/s1. The molecule has 2 aliphatic heterocycles. The van der Waals surface area contributed by atoms with Crippen LogP contribution in [-0.4, -0.2) is 36.4 Å². The molecule has 1 aromatic heterocycles. The molecule has 0 unspecified atom stereocenters. The van der Waals surface area contributed by atoms with Gasteiger partial charge in [0, 0.05) is 27.4 Å². The molecule has 2 saturated heterocycles. The fourth-order valence-corrected chi connectivity index (χ4v) is 8.69. The summed E-state index contributed by atoms with van der Waals surface area (Å²) in [5.74, 6) is -2.42. The molecule has 0 amide bonds. The molecule has 8 heteroatoms. The number of rotatable bonds is 3. The number of carbonyl (C=O) groups is 4. The van der Waals surface area contributed by atoms with E-state index in [1.807, 2.05) is 26.0 Å². The minimum atomic E-state index is -0.852. The van der Waals surface area contributed by atoms with Gasteiger partial charge in [-0.25, -0.2) is 4.79 Å². The summed E-state index contributed by atoms with van der Waals surface area (Å²) in [4.78, 5) is 53.1. The maximum atomic E-state index is 14.4. The Balaban J connectivity index is 1.50. The van der Waals surface area contributed by atoms with Crippen molar-refractivity contribution in [1.82, 2.24) is 0 Å². The van der Waals surface area contributed by atoms with Crippen molar-refractivity contribution in [2.24, 2.45) is 39.9 Å². The first-order valence-corrected chi connectivity index (χ1v) is 13.9. The van der Waals surface area contributed by atoms with E-state index in [4.69, 9.17) is 18.6 Å². The second-order valence-electron chi connectivity index (χ2n) is 12.8. The third kappa shape index (κ3) is 3.48. The first kappa shape index (κ1) is 26.1.